The van der Waals surface area contributed by atoms with E-state index in [4.69, 9.17) is 25.2 Å². The predicted octanol–water partition coefficient (Wildman–Crippen LogP) is 9.38. The summed E-state index contributed by atoms with van der Waals surface area (Å²) in [5.41, 5.74) is 8.48. The number of nitrogens with two attached hydrogens (primary N) is 1. The summed E-state index contributed by atoms with van der Waals surface area (Å²) < 4.78 is 14.2. The van der Waals surface area contributed by atoms with Crippen molar-refractivity contribution in [1.82, 2.24) is 34.6 Å². The minimum atomic E-state index is -0.643. The molecule has 0 bridgehead atoms. The number of carbonyl (C=O) groups is 2. The Hall–Kier alpha value is -6.38. The van der Waals surface area contributed by atoms with E-state index in [-0.39, 0.29) is 11.1 Å². The topological polar surface area (TPSA) is 176 Å². The summed E-state index contributed by atoms with van der Waals surface area (Å²) in [6.07, 6.45) is 1.53. The monoisotopic (exact) mass is 901 g/mol. The van der Waals surface area contributed by atoms with Gasteiger partial charge >= 0.3 is 12.2 Å². The fourth-order valence-electron chi connectivity index (χ4n) is 7.76. The summed E-state index contributed by atoms with van der Waals surface area (Å²) in [5, 5.41) is 7.06. The Balaban J connectivity index is 0.000000249. The lowest BCUT2D eigenvalue weighted by atomic mass is 10.1. The van der Waals surface area contributed by atoms with E-state index in [0.717, 1.165) is 37.2 Å². The van der Waals surface area contributed by atoms with Crippen LogP contribution in [0, 0.1) is 13.8 Å². The van der Waals surface area contributed by atoms with Crippen LogP contribution in [-0.2, 0) is 9.47 Å². The zero-order valence-corrected chi connectivity index (χ0v) is 40.3. The minimum absolute atomic E-state index is 0.144. The minimum Gasteiger partial charge on any atom is -0.444 e. The highest BCUT2D eigenvalue weighted by molar-refractivity contribution is 5.82. The molecule has 0 fully saturated rings. The van der Waals surface area contributed by atoms with Gasteiger partial charge in [-0.25, -0.2) is 19.6 Å². The Labute approximate surface area is 388 Å². The van der Waals surface area contributed by atoms with E-state index in [1.54, 1.807) is 29.9 Å². The van der Waals surface area contributed by atoms with Crippen LogP contribution in [0.3, 0.4) is 0 Å². The molecule has 6 rings (SSSR count). The molecule has 14 heteroatoms. The molecule has 66 heavy (non-hydrogen) atoms. The van der Waals surface area contributed by atoms with E-state index in [0.29, 0.717) is 70.6 Å². The summed E-state index contributed by atoms with van der Waals surface area (Å²) in [5.74, 6) is 0.957. The van der Waals surface area contributed by atoms with Gasteiger partial charge in [0, 0.05) is 0 Å². The first-order valence-electron chi connectivity index (χ1n) is 22.9. The number of aromatic nitrogens is 4. The molecular formula is C52H68N8O6. The van der Waals surface area contributed by atoms with E-state index in [9.17, 15) is 19.2 Å². The van der Waals surface area contributed by atoms with Crippen LogP contribution in [0.1, 0.15) is 116 Å². The summed E-state index contributed by atoms with van der Waals surface area (Å²) in [4.78, 5) is 65.0. The lowest BCUT2D eigenvalue weighted by Gasteiger charge is -2.26. The van der Waals surface area contributed by atoms with Crippen molar-refractivity contribution in [3.63, 3.8) is 0 Å². The van der Waals surface area contributed by atoms with Crippen molar-refractivity contribution in [2.24, 2.45) is 5.73 Å². The average Bonchev–Trinajstić information content (AvgIpc) is 3.25. The van der Waals surface area contributed by atoms with Gasteiger partial charge < -0.3 is 30.7 Å². The maximum atomic E-state index is 13.8. The van der Waals surface area contributed by atoms with Gasteiger partial charge in [-0.1, -0.05) is 74.5 Å². The molecule has 2 aromatic heterocycles. The molecule has 0 radical (unpaired) electrons. The lowest BCUT2D eigenvalue weighted by molar-refractivity contribution is 0.0485. The van der Waals surface area contributed by atoms with Gasteiger partial charge in [0.25, 0.3) is 11.1 Å². The molecule has 4 aromatic carbocycles. The fourth-order valence-corrected chi connectivity index (χ4v) is 7.76. The third-order valence-electron chi connectivity index (χ3n) is 10.9. The summed E-state index contributed by atoms with van der Waals surface area (Å²) in [6, 6.07) is 29.0. The second-order valence-corrected chi connectivity index (χ2v) is 18.3. The van der Waals surface area contributed by atoms with Crippen molar-refractivity contribution >= 4 is 34.0 Å². The Kier molecular flexibility index (Phi) is 17.4. The number of para-hydroxylation sites is 2. The zero-order valence-electron chi connectivity index (χ0n) is 40.3. The van der Waals surface area contributed by atoms with Crippen LogP contribution in [0.15, 0.2) is 107 Å². The smallest absolute Gasteiger partial charge is 0.408 e. The van der Waals surface area contributed by atoms with E-state index >= 15 is 0 Å². The van der Waals surface area contributed by atoms with Crippen LogP contribution in [0.5, 0.6) is 0 Å². The molecule has 2 atom stereocenters. The number of ether oxygens (including phenoxy) is 2. The average molecular weight is 901 g/mol. The molecule has 2 unspecified atom stereocenters. The maximum absolute atomic E-state index is 13.8. The first-order valence-corrected chi connectivity index (χ1v) is 22.9. The third kappa shape index (κ3) is 13.4. The van der Waals surface area contributed by atoms with Crippen molar-refractivity contribution in [1.29, 1.82) is 0 Å². The summed E-state index contributed by atoms with van der Waals surface area (Å²) in [7, 11) is 0. The third-order valence-corrected chi connectivity index (χ3v) is 10.9. The number of benzene rings is 4. The van der Waals surface area contributed by atoms with Gasteiger partial charge in [0.05, 0.1) is 45.3 Å². The molecule has 0 aliphatic rings. The number of nitrogens with one attached hydrogen (secondary N) is 2. The van der Waals surface area contributed by atoms with Crippen LogP contribution < -0.4 is 27.5 Å². The van der Waals surface area contributed by atoms with E-state index < -0.39 is 35.5 Å². The van der Waals surface area contributed by atoms with Gasteiger partial charge in [-0.3, -0.25) is 18.7 Å². The van der Waals surface area contributed by atoms with Crippen molar-refractivity contribution in [3.8, 4) is 11.4 Å². The molecule has 4 N–H and O–H groups in total. The lowest BCUT2D eigenvalue weighted by Crippen LogP contribution is -2.38. The van der Waals surface area contributed by atoms with Crippen LogP contribution >= 0.6 is 0 Å². The standard InChI is InChI=1S/C28H38N4O3.C24H30N4O3/c1-7-31(8-2)19-13-18-23(30-27(34)35-28(4,5)6)25-29-22-17-12-14-20(3)24(22)26(33)32(25)21-15-10-9-11-16-21;1-16-10-8-13-18-20(16)22(29)28(17-11-6-5-7-12-17)21(26-18)19(14-9-15-25)27-23(30)31-24(2,3)4/h9-12,14-17,23H,7-8,13,18-19H2,1-6H3,(H,30,34);5-8,10-13,19H,9,14-15,25H2,1-4H3,(H,27,30). The molecule has 352 valence electrons. The largest absolute Gasteiger partial charge is 0.444 e. The van der Waals surface area contributed by atoms with Crippen molar-refractivity contribution in [2.75, 3.05) is 26.2 Å². The first kappa shape index (κ1) is 50.6. The zero-order chi connectivity index (χ0) is 48.2. The molecule has 2 amide bonds. The van der Waals surface area contributed by atoms with Gasteiger partial charge in [0.2, 0.25) is 0 Å². The Morgan fingerprint density at radius 3 is 1.38 bits per heavy atom. The molecule has 0 saturated carbocycles. The number of fused-ring (bicyclic) bond motifs is 2. The van der Waals surface area contributed by atoms with Crippen molar-refractivity contribution < 1.29 is 19.1 Å². The van der Waals surface area contributed by atoms with Crippen LogP contribution in [0.25, 0.3) is 33.2 Å². The molecule has 0 aliphatic heterocycles. The Bertz CT molecular complexity index is 2680. The number of hydrogen-bond donors (Lipinski definition) is 3. The molecule has 0 saturated heterocycles. The summed E-state index contributed by atoms with van der Waals surface area (Å²) >= 11 is 0. The van der Waals surface area contributed by atoms with Crippen LogP contribution in [0.4, 0.5) is 9.59 Å². The molecular weight excluding hydrogens is 833 g/mol. The SMILES string of the molecule is CCN(CC)CCCC(NC(=O)OC(C)(C)C)c1nc2cccc(C)c2c(=O)n1-c1ccccc1.Cc1cccc2nc(C(CCCN)NC(=O)OC(C)(C)C)n(-c3ccccc3)c(=O)c12. The maximum Gasteiger partial charge on any atom is 0.408 e. The molecule has 0 aliphatic carbocycles. The second-order valence-electron chi connectivity index (χ2n) is 18.3. The van der Waals surface area contributed by atoms with Crippen molar-refractivity contribution in [3.05, 3.63) is 141 Å². The Morgan fingerprint density at radius 2 is 1.02 bits per heavy atom. The van der Waals surface area contributed by atoms with E-state index in [1.807, 2.05) is 132 Å². The first-order chi connectivity index (χ1) is 31.3. The van der Waals surface area contributed by atoms with Gasteiger partial charge in [0.15, 0.2) is 0 Å². The number of hydrogen-bond acceptors (Lipinski definition) is 10. The molecule has 0 spiro atoms. The number of alkyl carbamates (subject to hydrolysis) is 2. The highest BCUT2D eigenvalue weighted by Crippen LogP contribution is 2.26. The van der Waals surface area contributed by atoms with Gasteiger partial charge in [-0.2, -0.15) is 0 Å². The number of carbonyl (C=O) groups excluding carboxylic acids is 2. The van der Waals surface area contributed by atoms with Crippen LogP contribution in [-0.4, -0.2) is 73.6 Å². The highest BCUT2D eigenvalue weighted by Gasteiger charge is 2.28. The second kappa shape index (κ2) is 22.7. The highest BCUT2D eigenvalue weighted by atomic mass is 16.6. The molecule has 14 nitrogen and oxygen atoms in total. The number of amides is 2. The Morgan fingerprint density at radius 1 is 0.621 bits per heavy atom. The van der Waals surface area contributed by atoms with Gasteiger partial charge in [0.1, 0.15) is 22.9 Å². The normalized spacial score (nSPS) is 12.6. The molecule has 2 heterocycles. The molecule has 6 aromatic rings. The predicted molar refractivity (Wildman–Crippen MR) is 264 cm³/mol. The number of rotatable bonds is 15. The number of aryl methyl sites for hydroxylation is 2. The van der Waals surface area contributed by atoms with Crippen molar-refractivity contribution in [2.45, 2.75) is 118 Å². The van der Waals surface area contributed by atoms with Gasteiger partial charge in [-0.05, 0) is 155 Å². The van der Waals surface area contributed by atoms with Crippen LogP contribution in [0.2, 0.25) is 0 Å². The van der Waals surface area contributed by atoms with E-state index in [2.05, 4.69) is 29.4 Å². The number of nitrogens with zero attached hydrogens (tertiary/aromatic N) is 5. The quantitative estimate of drug-likeness (QED) is 0.0901. The summed E-state index contributed by atoms with van der Waals surface area (Å²) in [6.45, 7) is 22.3. The van der Waals surface area contributed by atoms with E-state index in [1.165, 1.54) is 0 Å². The fraction of sp³-hybridized carbons (Fsp3) is 0.423. The van der Waals surface area contributed by atoms with Gasteiger partial charge in [-0.15, -0.1) is 0 Å².